The molecule has 0 aromatic heterocycles. The molecule has 7 nitrogen and oxygen atoms in total. The summed E-state index contributed by atoms with van der Waals surface area (Å²) in [4.78, 5) is 28.8. The van der Waals surface area contributed by atoms with E-state index in [0.29, 0.717) is 25.1 Å². The molecule has 1 N–H and O–H groups in total. The van der Waals surface area contributed by atoms with Crippen LogP contribution < -0.4 is 9.62 Å². The number of carbonyl (C=O) groups is 2. The van der Waals surface area contributed by atoms with E-state index < -0.39 is 28.5 Å². The van der Waals surface area contributed by atoms with Crippen LogP contribution in [0.4, 0.5) is 5.69 Å². The smallest absolute Gasteiger partial charge is 0.264 e. The van der Waals surface area contributed by atoms with E-state index in [2.05, 4.69) is 5.32 Å². The van der Waals surface area contributed by atoms with Gasteiger partial charge >= 0.3 is 0 Å². The highest BCUT2D eigenvalue weighted by Crippen LogP contribution is 2.28. The monoisotopic (exact) mass is 549 g/mol. The summed E-state index contributed by atoms with van der Waals surface area (Å²) in [5.74, 6) is -0.658. The lowest BCUT2D eigenvalue weighted by Gasteiger charge is -2.33. The minimum Gasteiger partial charge on any atom is -0.354 e. The number of benzene rings is 3. The number of nitrogens with zero attached hydrogens (tertiary/aromatic N) is 2. The molecule has 0 aliphatic heterocycles. The van der Waals surface area contributed by atoms with Crippen LogP contribution in [0.25, 0.3) is 0 Å². The normalized spacial score (nSPS) is 12.0. The van der Waals surface area contributed by atoms with Crippen molar-refractivity contribution in [3.8, 4) is 0 Å². The molecule has 0 aliphatic carbocycles. The number of anilines is 1. The minimum absolute atomic E-state index is 0.0993. The van der Waals surface area contributed by atoms with Gasteiger partial charge in [-0.25, -0.2) is 8.42 Å². The van der Waals surface area contributed by atoms with Crippen molar-refractivity contribution in [1.29, 1.82) is 0 Å². The van der Waals surface area contributed by atoms with Crippen LogP contribution in [0.2, 0.25) is 0 Å². The van der Waals surface area contributed by atoms with Crippen molar-refractivity contribution in [2.24, 2.45) is 0 Å². The van der Waals surface area contributed by atoms with Crippen LogP contribution in [0, 0.1) is 13.8 Å². The average molecular weight is 550 g/mol. The van der Waals surface area contributed by atoms with Gasteiger partial charge < -0.3 is 10.2 Å². The zero-order valence-corrected chi connectivity index (χ0v) is 24.1. The maximum Gasteiger partial charge on any atom is 0.264 e. The molecule has 208 valence electrons. The molecule has 0 spiro atoms. The van der Waals surface area contributed by atoms with Gasteiger partial charge in [0.05, 0.1) is 10.6 Å². The predicted molar refractivity (Wildman–Crippen MR) is 156 cm³/mol. The van der Waals surface area contributed by atoms with Gasteiger partial charge in [-0.15, -0.1) is 0 Å². The van der Waals surface area contributed by atoms with Gasteiger partial charge in [0.2, 0.25) is 11.8 Å². The Kier molecular flexibility index (Phi) is 10.7. The summed E-state index contributed by atoms with van der Waals surface area (Å²) >= 11 is 0. The largest absolute Gasteiger partial charge is 0.354 e. The van der Waals surface area contributed by atoms with Gasteiger partial charge in [0.25, 0.3) is 10.0 Å². The van der Waals surface area contributed by atoms with E-state index in [1.54, 1.807) is 24.3 Å². The van der Waals surface area contributed by atoms with Crippen molar-refractivity contribution < 1.29 is 18.0 Å². The molecule has 0 fully saturated rings. The van der Waals surface area contributed by atoms with Crippen molar-refractivity contribution in [2.75, 3.05) is 23.9 Å². The van der Waals surface area contributed by atoms with Crippen molar-refractivity contribution in [3.63, 3.8) is 0 Å². The Bertz CT molecular complexity index is 1340. The highest BCUT2D eigenvalue weighted by molar-refractivity contribution is 7.92. The number of aryl methyl sites for hydroxylation is 2. The molecule has 3 aromatic carbocycles. The van der Waals surface area contributed by atoms with Crippen LogP contribution in [0.1, 0.15) is 43.4 Å². The number of sulfonamides is 1. The molecule has 0 heterocycles. The second-order valence-corrected chi connectivity index (χ2v) is 11.5. The maximum atomic E-state index is 14.0. The highest BCUT2D eigenvalue weighted by atomic mass is 32.2. The first kappa shape index (κ1) is 29.9. The van der Waals surface area contributed by atoms with E-state index in [9.17, 15) is 18.0 Å². The summed E-state index contributed by atoms with van der Waals surface area (Å²) in [7, 11) is -4.07. The lowest BCUT2D eigenvalue weighted by Crippen LogP contribution is -2.53. The van der Waals surface area contributed by atoms with Gasteiger partial charge in [0.1, 0.15) is 12.6 Å². The summed E-state index contributed by atoms with van der Waals surface area (Å²) in [5.41, 5.74) is 3.08. The summed E-state index contributed by atoms with van der Waals surface area (Å²) in [5, 5.41) is 2.91. The van der Waals surface area contributed by atoms with Crippen LogP contribution in [0.15, 0.2) is 83.8 Å². The van der Waals surface area contributed by atoms with E-state index in [1.807, 2.05) is 70.2 Å². The van der Waals surface area contributed by atoms with Gasteiger partial charge in [-0.05, 0) is 68.0 Å². The number of rotatable bonds is 13. The van der Waals surface area contributed by atoms with E-state index >= 15 is 0 Å². The molecule has 0 aliphatic rings. The van der Waals surface area contributed by atoms with Crippen molar-refractivity contribution in [1.82, 2.24) is 10.2 Å². The molecule has 0 saturated heterocycles. The summed E-state index contributed by atoms with van der Waals surface area (Å²) < 4.78 is 29.0. The van der Waals surface area contributed by atoms with Crippen LogP contribution in [-0.2, 0) is 26.0 Å². The Morgan fingerprint density at radius 2 is 1.54 bits per heavy atom. The van der Waals surface area contributed by atoms with Gasteiger partial charge in [-0.3, -0.25) is 13.9 Å². The fraction of sp³-hybridized carbons (Fsp3) is 0.355. The minimum atomic E-state index is -4.07. The summed E-state index contributed by atoms with van der Waals surface area (Å²) in [6.07, 6.45) is 1.72. The molecule has 1 atom stereocenters. The lowest BCUT2D eigenvalue weighted by molar-refractivity contribution is -0.139. The third-order valence-corrected chi connectivity index (χ3v) is 8.44. The summed E-state index contributed by atoms with van der Waals surface area (Å²) in [6.45, 7) is 7.91. The zero-order chi connectivity index (χ0) is 28.4. The van der Waals surface area contributed by atoms with Crippen LogP contribution in [0.5, 0.6) is 0 Å². The Balaban J connectivity index is 2.02. The molecular weight excluding hydrogens is 510 g/mol. The quantitative estimate of drug-likeness (QED) is 0.329. The fourth-order valence-corrected chi connectivity index (χ4v) is 5.97. The average Bonchev–Trinajstić information content (AvgIpc) is 2.94. The molecule has 0 saturated carbocycles. The van der Waals surface area contributed by atoms with Crippen LogP contribution >= 0.6 is 0 Å². The molecule has 1 unspecified atom stereocenters. The van der Waals surface area contributed by atoms with Crippen LogP contribution in [0.3, 0.4) is 0 Å². The Labute approximate surface area is 232 Å². The Morgan fingerprint density at radius 1 is 0.897 bits per heavy atom. The molecule has 0 bridgehead atoms. The third kappa shape index (κ3) is 7.69. The molecule has 3 aromatic rings. The van der Waals surface area contributed by atoms with Crippen LogP contribution in [-0.4, -0.2) is 50.8 Å². The van der Waals surface area contributed by atoms with Gasteiger partial charge in [0.15, 0.2) is 0 Å². The maximum absolute atomic E-state index is 14.0. The van der Waals surface area contributed by atoms with E-state index in [4.69, 9.17) is 0 Å². The topological polar surface area (TPSA) is 86.8 Å². The number of nitrogens with one attached hydrogen (secondary N) is 1. The number of carbonyl (C=O) groups excluding carboxylic acids is 2. The molecule has 2 amide bonds. The predicted octanol–water partition coefficient (Wildman–Crippen LogP) is 4.87. The Hall–Kier alpha value is -3.65. The van der Waals surface area contributed by atoms with E-state index in [-0.39, 0.29) is 17.3 Å². The fourth-order valence-electron chi connectivity index (χ4n) is 4.48. The Morgan fingerprint density at radius 3 is 2.15 bits per heavy atom. The zero-order valence-electron chi connectivity index (χ0n) is 23.3. The second-order valence-electron chi connectivity index (χ2n) is 9.65. The van der Waals surface area contributed by atoms with Gasteiger partial charge in [-0.2, -0.15) is 0 Å². The molecule has 39 heavy (non-hydrogen) atoms. The lowest BCUT2D eigenvalue weighted by atomic mass is 10.1. The van der Waals surface area contributed by atoms with E-state index in [0.717, 1.165) is 23.1 Å². The third-order valence-electron chi connectivity index (χ3n) is 6.66. The highest BCUT2D eigenvalue weighted by Gasteiger charge is 2.33. The van der Waals surface area contributed by atoms with Gasteiger partial charge in [0, 0.05) is 13.1 Å². The van der Waals surface area contributed by atoms with Gasteiger partial charge in [-0.1, -0.05) is 74.5 Å². The first-order chi connectivity index (χ1) is 18.7. The van der Waals surface area contributed by atoms with Crippen molar-refractivity contribution in [2.45, 2.75) is 57.9 Å². The molecular formula is C31H39N3O4S. The molecule has 0 radical (unpaired) electrons. The summed E-state index contributed by atoms with van der Waals surface area (Å²) in [6, 6.07) is 22.7. The first-order valence-corrected chi connectivity index (χ1v) is 14.9. The second kappa shape index (κ2) is 13.9. The number of hydrogen-bond acceptors (Lipinski definition) is 4. The molecule has 3 rings (SSSR count). The molecule has 8 heteroatoms. The first-order valence-electron chi connectivity index (χ1n) is 13.4. The van der Waals surface area contributed by atoms with E-state index in [1.165, 1.54) is 21.3 Å². The standard InChI is InChI=1S/C31H39N3O4S/c1-5-20-32-31(36)28(6-2)33(21-19-26-13-9-7-10-14-26)30(35)23-34(29-22-24(3)17-18-25(29)4)39(37,38)27-15-11-8-12-16-27/h7-18,22,28H,5-6,19-21,23H2,1-4H3,(H,32,36). The number of hydrogen-bond donors (Lipinski definition) is 1. The number of amides is 2. The van der Waals surface area contributed by atoms with Crippen molar-refractivity contribution in [3.05, 3.63) is 95.6 Å². The SMILES string of the molecule is CCCNC(=O)C(CC)N(CCc1ccccc1)C(=O)CN(c1cc(C)ccc1C)S(=O)(=O)c1ccccc1. The van der Waals surface area contributed by atoms with Crippen molar-refractivity contribution >= 4 is 27.5 Å².